The van der Waals surface area contributed by atoms with Crippen LogP contribution in [0, 0.1) is 6.92 Å². The van der Waals surface area contributed by atoms with Crippen molar-refractivity contribution in [1.82, 2.24) is 4.90 Å². The predicted molar refractivity (Wildman–Crippen MR) is 109 cm³/mol. The number of halogens is 3. The van der Waals surface area contributed by atoms with Crippen molar-refractivity contribution in [2.45, 2.75) is 13.8 Å². The number of carbonyl (C=O) groups is 2. The summed E-state index contributed by atoms with van der Waals surface area (Å²) in [6.07, 6.45) is 0. The molecule has 8 heteroatoms. The second kappa shape index (κ2) is 9.83. The van der Waals surface area contributed by atoms with Crippen LogP contribution in [0.5, 0.6) is 5.75 Å². The normalized spacial score (nSPS) is 10.4. The number of nitrogens with zero attached hydrogens (tertiary/aromatic N) is 1. The fraction of sp³-hybridized carbons (Fsp3) is 0.263. The quantitative estimate of drug-likeness (QED) is 0.686. The molecule has 144 valence electrons. The van der Waals surface area contributed by atoms with E-state index in [9.17, 15) is 9.59 Å². The number of amides is 2. The first-order valence-corrected chi connectivity index (χ1v) is 9.35. The maximum atomic E-state index is 12.4. The molecule has 1 N–H and O–H groups in total. The molecule has 0 aliphatic carbocycles. The van der Waals surface area contributed by atoms with E-state index < -0.39 is 5.91 Å². The van der Waals surface area contributed by atoms with Crippen LogP contribution in [0.3, 0.4) is 0 Å². The lowest BCUT2D eigenvalue weighted by Gasteiger charge is -2.21. The Morgan fingerprint density at radius 2 is 1.74 bits per heavy atom. The van der Waals surface area contributed by atoms with E-state index in [1.54, 1.807) is 37.3 Å². The van der Waals surface area contributed by atoms with Gasteiger partial charge in [-0.05, 0) is 43.7 Å². The fourth-order valence-corrected chi connectivity index (χ4v) is 2.96. The number of anilines is 1. The molecule has 5 nitrogen and oxygen atoms in total. The summed E-state index contributed by atoms with van der Waals surface area (Å²) in [6, 6.07) is 10.2. The molecule has 0 saturated heterocycles. The van der Waals surface area contributed by atoms with Crippen LogP contribution in [-0.2, 0) is 9.59 Å². The first-order valence-electron chi connectivity index (χ1n) is 8.22. The van der Waals surface area contributed by atoms with Crippen LogP contribution in [-0.4, -0.2) is 36.4 Å². The van der Waals surface area contributed by atoms with Crippen molar-refractivity contribution in [2.75, 3.05) is 25.0 Å². The molecule has 0 aliphatic rings. The Morgan fingerprint density at radius 3 is 2.37 bits per heavy atom. The summed E-state index contributed by atoms with van der Waals surface area (Å²) >= 11 is 18.1. The Bertz CT molecular complexity index is 823. The van der Waals surface area contributed by atoms with Crippen LogP contribution in [0.1, 0.15) is 12.5 Å². The summed E-state index contributed by atoms with van der Waals surface area (Å²) in [6.45, 7) is 3.63. The third-order valence-electron chi connectivity index (χ3n) is 3.73. The molecule has 0 radical (unpaired) electrons. The highest BCUT2D eigenvalue weighted by atomic mass is 35.5. The van der Waals surface area contributed by atoms with Gasteiger partial charge >= 0.3 is 0 Å². The van der Waals surface area contributed by atoms with Gasteiger partial charge in [-0.15, -0.1) is 0 Å². The zero-order chi connectivity index (χ0) is 20.0. The predicted octanol–water partition coefficient (Wildman–Crippen LogP) is 4.82. The van der Waals surface area contributed by atoms with Crippen molar-refractivity contribution in [2.24, 2.45) is 0 Å². The Balaban J connectivity index is 1.96. The van der Waals surface area contributed by atoms with Gasteiger partial charge in [-0.25, -0.2) is 0 Å². The summed E-state index contributed by atoms with van der Waals surface area (Å²) in [4.78, 5) is 26.0. The van der Waals surface area contributed by atoms with E-state index in [-0.39, 0.29) is 19.1 Å². The van der Waals surface area contributed by atoms with Crippen LogP contribution < -0.4 is 10.1 Å². The van der Waals surface area contributed by atoms with Crippen molar-refractivity contribution in [3.05, 3.63) is 57.0 Å². The molecule has 0 heterocycles. The second-order valence-corrected chi connectivity index (χ2v) is 7.00. The van der Waals surface area contributed by atoms with Gasteiger partial charge in [0.1, 0.15) is 5.75 Å². The molecule has 2 amide bonds. The van der Waals surface area contributed by atoms with Gasteiger partial charge in [-0.1, -0.05) is 46.9 Å². The minimum absolute atomic E-state index is 0.151. The smallest absolute Gasteiger partial charge is 0.260 e. The molecule has 0 aromatic heterocycles. The monoisotopic (exact) mass is 428 g/mol. The SMILES string of the molecule is CCN(CC(=O)Nc1c(Cl)cccc1Cl)C(=O)COc1cc(C)ccc1Cl. The maximum absolute atomic E-state index is 12.4. The molecule has 0 unspecified atom stereocenters. The van der Waals surface area contributed by atoms with Crippen LogP contribution >= 0.6 is 34.8 Å². The molecule has 2 aromatic rings. The summed E-state index contributed by atoms with van der Waals surface area (Å²) < 4.78 is 5.50. The van der Waals surface area contributed by atoms with Crippen molar-refractivity contribution in [3.8, 4) is 5.75 Å². The Morgan fingerprint density at radius 1 is 1.07 bits per heavy atom. The van der Waals surface area contributed by atoms with Gasteiger partial charge in [0.25, 0.3) is 5.91 Å². The maximum Gasteiger partial charge on any atom is 0.260 e. The molecule has 0 atom stereocenters. The number of carbonyl (C=O) groups excluding carboxylic acids is 2. The van der Waals surface area contributed by atoms with E-state index in [4.69, 9.17) is 39.5 Å². The number of hydrogen-bond donors (Lipinski definition) is 1. The van der Waals surface area contributed by atoms with E-state index >= 15 is 0 Å². The largest absolute Gasteiger partial charge is 0.482 e. The minimum atomic E-state index is -0.409. The lowest BCUT2D eigenvalue weighted by Crippen LogP contribution is -2.40. The van der Waals surface area contributed by atoms with Gasteiger partial charge in [-0.2, -0.15) is 0 Å². The number of rotatable bonds is 7. The standard InChI is InChI=1S/C19H19Cl3N2O3/c1-3-24(10-17(25)23-19-14(21)5-4-6-15(19)22)18(26)11-27-16-9-12(2)7-8-13(16)20/h4-9H,3,10-11H2,1-2H3,(H,23,25). The van der Waals surface area contributed by atoms with Crippen LogP contribution in [0.4, 0.5) is 5.69 Å². The van der Waals surface area contributed by atoms with E-state index in [1.807, 2.05) is 13.0 Å². The average molecular weight is 430 g/mol. The van der Waals surface area contributed by atoms with Crippen LogP contribution in [0.15, 0.2) is 36.4 Å². The van der Waals surface area contributed by atoms with Gasteiger partial charge < -0.3 is 15.0 Å². The topological polar surface area (TPSA) is 58.6 Å². The molecule has 0 saturated carbocycles. The summed E-state index contributed by atoms with van der Waals surface area (Å²) in [5.74, 6) is -0.322. The Hall–Kier alpha value is -1.95. The number of aryl methyl sites for hydroxylation is 1. The fourth-order valence-electron chi connectivity index (χ4n) is 2.30. The average Bonchev–Trinajstić information content (AvgIpc) is 2.63. The van der Waals surface area contributed by atoms with Crippen molar-refractivity contribution >= 4 is 52.3 Å². The van der Waals surface area contributed by atoms with E-state index in [0.717, 1.165) is 5.56 Å². The highest BCUT2D eigenvalue weighted by molar-refractivity contribution is 6.39. The van der Waals surface area contributed by atoms with Crippen molar-refractivity contribution < 1.29 is 14.3 Å². The summed E-state index contributed by atoms with van der Waals surface area (Å²) in [5.41, 5.74) is 1.28. The van der Waals surface area contributed by atoms with E-state index in [0.29, 0.717) is 33.0 Å². The molecule has 2 rings (SSSR count). The second-order valence-electron chi connectivity index (χ2n) is 5.78. The minimum Gasteiger partial charge on any atom is -0.482 e. The lowest BCUT2D eigenvalue weighted by molar-refractivity contribution is -0.136. The zero-order valence-corrected chi connectivity index (χ0v) is 17.2. The number of nitrogens with one attached hydrogen (secondary N) is 1. The highest BCUT2D eigenvalue weighted by Crippen LogP contribution is 2.29. The number of likely N-dealkylation sites (N-methyl/N-ethyl adjacent to an activating group) is 1. The molecular formula is C19H19Cl3N2O3. The number of benzene rings is 2. The van der Waals surface area contributed by atoms with Gasteiger partial charge in [0.05, 0.1) is 27.3 Å². The first-order chi connectivity index (χ1) is 12.8. The highest BCUT2D eigenvalue weighted by Gasteiger charge is 2.18. The van der Waals surface area contributed by atoms with E-state index in [1.165, 1.54) is 4.90 Å². The third kappa shape index (κ3) is 6.03. The van der Waals surface area contributed by atoms with Crippen LogP contribution in [0.2, 0.25) is 15.1 Å². The van der Waals surface area contributed by atoms with Crippen LogP contribution in [0.25, 0.3) is 0 Å². The molecular weight excluding hydrogens is 411 g/mol. The molecule has 0 spiro atoms. The Kier molecular flexibility index (Phi) is 7.78. The number of hydrogen-bond acceptors (Lipinski definition) is 3. The van der Waals surface area contributed by atoms with Gasteiger partial charge in [0, 0.05) is 6.54 Å². The molecule has 0 aliphatic heterocycles. The number of ether oxygens (including phenoxy) is 1. The van der Waals surface area contributed by atoms with Gasteiger partial charge in [-0.3, -0.25) is 9.59 Å². The molecule has 27 heavy (non-hydrogen) atoms. The summed E-state index contributed by atoms with van der Waals surface area (Å²) in [7, 11) is 0. The molecule has 0 bridgehead atoms. The summed E-state index contributed by atoms with van der Waals surface area (Å²) in [5, 5.41) is 3.69. The number of para-hydroxylation sites is 1. The van der Waals surface area contributed by atoms with Crippen molar-refractivity contribution in [3.63, 3.8) is 0 Å². The van der Waals surface area contributed by atoms with E-state index in [2.05, 4.69) is 5.32 Å². The third-order valence-corrected chi connectivity index (χ3v) is 4.68. The molecule has 2 aromatic carbocycles. The lowest BCUT2D eigenvalue weighted by atomic mass is 10.2. The van der Waals surface area contributed by atoms with Gasteiger partial charge in [0.2, 0.25) is 5.91 Å². The molecule has 0 fully saturated rings. The van der Waals surface area contributed by atoms with Crippen molar-refractivity contribution in [1.29, 1.82) is 0 Å². The van der Waals surface area contributed by atoms with Gasteiger partial charge in [0.15, 0.2) is 6.61 Å². The first kappa shape index (κ1) is 21.4. The Labute approximate surface area is 173 Å². The zero-order valence-electron chi connectivity index (χ0n) is 14.9.